The van der Waals surface area contributed by atoms with Gasteiger partial charge in [-0.05, 0) is 83.5 Å². The van der Waals surface area contributed by atoms with E-state index in [9.17, 15) is 14.4 Å². The summed E-state index contributed by atoms with van der Waals surface area (Å²) in [4.78, 5) is 37.5. The van der Waals surface area contributed by atoms with Crippen LogP contribution < -0.4 is 0 Å². The Labute approximate surface area is 307 Å². The second-order valence-electron chi connectivity index (χ2n) is 13.2. The molecule has 0 rings (SSSR count). The number of allylic oxidation sites excluding steroid dienone is 10. The largest absolute Gasteiger partial charge is 0.462 e. The monoisotopic (exact) mass is 699 g/mol. The number of ether oxygens (including phenoxy) is 3. The maximum absolute atomic E-state index is 12.6. The lowest BCUT2D eigenvalue weighted by molar-refractivity contribution is -0.167. The fourth-order valence-corrected chi connectivity index (χ4v) is 5.13. The van der Waals surface area contributed by atoms with Gasteiger partial charge >= 0.3 is 17.9 Å². The number of carbonyl (C=O) groups excluding carboxylic acids is 3. The molecule has 0 heterocycles. The summed E-state index contributed by atoms with van der Waals surface area (Å²) < 4.78 is 16.5. The first-order valence-electron chi connectivity index (χ1n) is 20.3. The summed E-state index contributed by atoms with van der Waals surface area (Å²) in [6.07, 6.45) is 45.0. The van der Waals surface area contributed by atoms with Gasteiger partial charge in [-0.2, -0.15) is 0 Å². The van der Waals surface area contributed by atoms with Gasteiger partial charge in [0.15, 0.2) is 6.10 Å². The highest BCUT2D eigenvalue weighted by Crippen LogP contribution is 2.12. The summed E-state index contributed by atoms with van der Waals surface area (Å²) in [6.45, 7) is 6.33. The fraction of sp³-hybridized carbons (Fsp3) is 0.705. The molecule has 6 heteroatoms. The van der Waals surface area contributed by atoms with Crippen LogP contribution in [0.3, 0.4) is 0 Å². The second kappa shape index (κ2) is 38.9. The second-order valence-corrected chi connectivity index (χ2v) is 13.2. The molecule has 0 radical (unpaired) electrons. The van der Waals surface area contributed by atoms with Gasteiger partial charge in [-0.15, -0.1) is 0 Å². The molecule has 50 heavy (non-hydrogen) atoms. The summed E-state index contributed by atoms with van der Waals surface area (Å²) in [7, 11) is 0. The summed E-state index contributed by atoms with van der Waals surface area (Å²) in [5.74, 6) is -0.991. The van der Waals surface area contributed by atoms with Crippen LogP contribution in [0, 0.1) is 0 Å². The van der Waals surface area contributed by atoms with Crippen molar-refractivity contribution in [2.45, 2.75) is 187 Å². The molecule has 0 N–H and O–H groups in total. The molecule has 1 unspecified atom stereocenters. The van der Waals surface area contributed by atoms with Crippen LogP contribution >= 0.6 is 0 Å². The maximum Gasteiger partial charge on any atom is 0.306 e. The average molecular weight is 699 g/mol. The third kappa shape index (κ3) is 36.4. The van der Waals surface area contributed by atoms with Crippen LogP contribution in [0.1, 0.15) is 181 Å². The van der Waals surface area contributed by atoms with Crippen LogP contribution in [0.25, 0.3) is 0 Å². The molecule has 0 saturated carbocycles. The van der Waals surface area contributed by atoms with Crippen LogP contribution in [0.4, 0.5) is 0 Å². The van der Waals surface area contributed by atoms with Crippen LogP contribution in [-0.2, 0) is 28.6 Å². The molecule has 286 valence electrons. The van der Waals surface area contributed by atoms with Crippen molar-refractivity contribution in [1.82, 2.24) is 0 Å². The van der Waals surface area contributed by atoms with Crippen molar-refractivity contribution < 1.29 is 28.6 Å². The molecule has 6 nitrogen and oxygen atoms in total. The minimum absolute atomic E-state index is 0.101. The lowest BCUT2D eigenvalue weighted by Crippen LogP contribution is -2.30. The lowest BCUT2D eigenvalue weighted by atomic mass is 10.1. The number of rotatable bonds is 35. The Bertz CT molecular complexity index is 944. The zero-order valence-electron chi connectivity index (χ0n) is 32.4. The highest BCUT2D eigenvalue weighted by molar-refractivity contribution is 5.71. The predicted molar refractivity (Wildman–Crippen MR) is 210 cm³/mol. The molecule has 0 saturated heterocycles. The predicted octanol–water partition coefficient (Wildman–Crippen LogP) is 12.6. The van der Waals surface area contributed by atoms with E-state index in [1.54, 1.807) is 0 Å². The van der Waals surface area contributed by atoms with Gasteiger partial charge in [0.2, 0.25) is 0 Å². The topological polar surface area (TPSA) is 78.9 Å². The standard InChI is InChI=1S/C44H74O6/c1-4-7-10-13-16-19-22-25-28-31-34-37-43(46)49-40-41(39-48-42(45)36-33-30-27-24-21-18-15-12-9-6-3)50-44(47)38-35-32-29-26-23-20-17-14-11-8-5-2/h7,10,14-19,25,28,41H,4-6,8-9,11-13,20-24,26-27,29-40H2,1-3H3/b10-7-,17-14-,18-15-,19-16-,28-25-. The van der Waals surface area contributed by atoms with Crippen molar-refractivity contribution in [1.29, 1.82) is 0 Å². The van der Waals surface area contributed by atoms with E-state index in [1.807, 2.05) is 0 Å². The number of carbonyl (C=O) groups is 3. The van der Waals surface area contributed by atoms with Crippen LogP contribution in [0.5, 0.6) is 0 Å². The Morgan fingerprint density at radius 2 is 0.800 bits per heavy atom. The summed E-state index contributed by atoms with van der Waals surface area (Å²) in [5.41, 5.74) is 0. The van der Waals surface area contributed by atoms with Crippen molar-refractivity contribution in [3.63, 3.8) is 0 Å². The normalized spacial score (nSPS) is 12.6. The molecule has 0 aliphatic carbocycles. The minimum Gasteiger partial charge on any atom is -0.462 e. The van der Waals surface area contributed by atoms with E-state index < -0.39 is 6.10 Å². The van der Waals surface area contributed by atoms with E-state index in [4.69, 9.17) is 14.2 Å². The molecule has 1 atom stereocenters. The third-order valence-corrected chi connectivity index (χ3v) is 8.23. The van der Waals surface area contributed by atoms with Crippen molar-refractivity contribution in [3.8, 4) is 0 Å². The summed E-state index contributed by atoms with van der Waals surface area (Å²) in [5, 5.41) is 0. The average Bonchev–Trinajstić information content (AvgIpc) is 3.11. The Morgan fingerprint density at radius 1 is 0.420 bits per heavy atom. The zero-order valence-corrected chi connectivity index (χ0v) is 32.4. The molecule has 0 fully saturated rings. The van der Waals surface area contributed by atoms with Crippen molar-refractivity contribution >= 4 is 17.9 Å². The van der Waals surface area contributed by atoms with Gasteiger partial charge in [0.05, 0.1) is 0 Å². The van der Waals surface area contributed by atoms with Gasteiger partial charge in [0.25, 0.3) is 0 Å². The van der Waals surface area contributed by atoms with Gasteiger partial charge in [0, 0.05) is 19.3 Å². The van der Waals surface area contributed by atoms with E-state index in [2.05, 4.69) is 81.5 Å². The first kappa shape index (κ1) is 47.1. The number of esters is 3. The third-order valence-electron chi connectivity index (χ3n) is 8.23. The van der Waals surface area contributed by atoms with Gasteiger partial charge in [0.1, 0.15) is 13.2 Å². The Balaban J connectivity index is 4.49. The molecular formula is C44H74O6. The van der Waals surface area contributed by atoms with Gasteiger partial charge in [-0.1, -0.05) is 139 Å². The smallest absolute Gasteiger partial charge is 0.306 e. The van der Waals surface area contributed by atoms with E-state index in [1.165, 1.54) is 38.5 Å². The van der Waals surface area contributed by atoms with Crippen LogP contribution in [0.15, 0.2) is 60.8 Å². The Morgan fingerprint density at radius 3 is 1.32 bits per heavy atom. The molecule has 0 aromatic carbocycles. The number of hydrogen-bond donors (Lipinski definition) is 0. The Kier molecular flexibility index (Phi) is 36.7. The zero-order chi connectivity index (χ0) is 36.6. The highest BCUT2D eigenvalue weighted by atomic mass is 16.6. The Hall–Kier alpha value is -2.89. The van der Waals surface area contributed by atoms with E-state index in [-0.39, 0.29) is 37.5 Å². The first-order valence-corrected chi connectivity index (χ1v) is 20.3. The van der Waals surface area contributed by atoms with Crippen LogP contribution in [0.2, 0.25) is 0 Å². The van der Waals surface area contributed by atoms with E-state index >= 15 is 0 Å². The van der Waals surface area contributed by atoms with Crippen LogP contribution in [-0.4, -0.2) is 37.2 Å². The van der Waals surface area contributed by atoms with Crippen molar-refractivity contribution in [2.24, 2.45) is 0 Å². The quantitative estimate of drug-likeness (QED) is 0.0284. The first-order chi connectivity index (χ1) is 24.5. The molecule has 0 aromatic rings. The van der Waals surface area contributed by atoms with E-state index in [0.29, 0.717) is 19.3 Å². The molecule has 0 spiro atoms. The minimum atomic E-state index is -0.798. The molecule has 0 bridgehead atoms. The molecule has 0 aliphatic rings. The number of hydrogen-bond acceptors (Lipinski definition) is 6. The maximum atomic E-state index is 12.6. The summed E-state index contributed by atoms with van der Waals surface area (Å²) >= 11 is 0. The van der Waals surface area contributed by atoms with E-state index in [0.717, 1.165) is 96.3 Å². The summed E-state index contributed by atoms with van der Waals surface area (Å²) in [6, 6.07) is 0. The highest BCUT2D eigenvalue weighted by Gasteiger charge is 2.19. The fourth-order valence-electron chi connectivity index (χ4n) is 5.13. The molecular weight excluding hydrogens is 624 g/mol. The molecule has 0 aromatic heterocycles. The van der Waals surface area contributed by atoms with Gasteiger partial charge in [-0.25, -0.2) is 0 Å². The number of unbranched alkanes of at least 4 members (excludes halogenated alkanes) is 14. The van der Waals surface area contributed by atoms with Gasteiger partial charge < -0.3 is 14.2 Å². The molecule has 0 amide bonds. The van der Waals surface area contributed by atoms with Gasteiger partial charge in [-0.3, -0.25) is 14.4 Å². The van der Waals surface area contributed by atoms with Crippen molar-refractivity contribution in [2.75, 3.05) is 13.2 Å². The SMILES string of the molecule is CC/C=C\C/C=C\C/C=C\CCCC(=O)OCC(COC(=O)CCCCCC/C=C\CCCC)OC(=O)CCCCCCC/C=C\CCCC. The van der Waals surface area contributed by atoms with Crippen molar-refractivity contribution in [3.05, 3.63) is 60.8 Å². The lowest BCUT2D eigenvalue weighted by Gasteiger charge is -2.18. The molecule has 0 aliphatic heterocycles.